The van der Waals surface area contributed by atoms with Gasteiger partial charge in [0, 0.05) is 19.4 Å². The van der Waals surface area contributed by atoms with Crippen molar-refractivity contribution in [3.8, 4) is 0 Å². The van der Waals surface area contributed by atoms with Crippen LogP contribution >= 0.6 is 0 Å². The van der Waals surface area contributed by atoms with Crippen molar-refractivity contribution >= 4 is 11.6 Å². The van der Waals surface area contributed by atoms with Crippen LogP contribution < -0.4 is 0 Å². The van der Waals surface area contributed by atoms with E-state index >= 15 is 0 Å². The van der Waals surface area contributed by atoms with Crippen LogP contribution in [0, 0.1) is 0 Å². The summed E-state index contributed by atoms with van der Waals surface area (Å²) in [7, 11) is 1.71. The molecule has 0 atom stereocenters. The van der Waals surface area contributed by atoms with Gasteiger partial charge in [0.25, 0.3) is 0 Å². The lowest BCUT2D eigenvalue weighted by molar-refractivity contribution is 0.0886. The molecule has 2 heterocycles. The second-order valence-electron chi connectivity index (χ2n) is 3.40. The third kappa shape index (κ3) is 1.93. The molecule has 2 aromatic heterocycles. The third-order valence-corrected chi connectivity index (χ3v) is 2.23. The number of aromatic nitrogens is 2. The van der Waals surface area contributed by atoms with Gasteiger partial charge >= 0.3 is 0 Å². The molecule has 2 rings (SSSR count). The molecule has 0 radical (unpaired) electrons. The molecule has 16 heavy (non-hydrogen) atoms. The van der Waals surface area contributed by atoms with E-state index in [0.29, 0.717) is 5.56 Å². The molecule has 2 aromatic rings. The molecular formula is C11H10N2O3. The number of hydrogen-bond donors (Lipinski definition) is 0. The first-order valence-corrected chi connectivity index (χ1v) is 4.74. The van der Waals surface area contributed by atoms with Gasteiger partial charge in [0.05, 0.1) is 18.2 Å². The highest BCUT2D eigenvalue weighted by Gasteiger charge is 2.17. The van der Waals surface area contributed by atoms with Crippen molar-refractivity contribution in [1.29, 1.82) is 0 Å². The van der Waals surface area contributed by atoms with Gasteiger partial charge in [0.15, 0.2) is 11.6 Å². The largest absolute Gasteiger partial charge is 0.472 e. The molecular weight excluding hydrogens is 208 g/mol. The number of nitrogens with zero attached hydrogens (tertiary/aromatic N) is 2. The topological polar surface area (TPSA) is 65.1 Å². The normalized spacial score (nSPS) is 10.3. The van der Waals surface area contributed by atoms with Gasteiger partial charge in [-0.15, -0.1) is 0 Å². The monoisotopic (exact) mass is 218 g/mol. The first kappa shape index (κ1) is 10.4. The first-order chi connectivity index (χ1) is 7.68. The average Bonchev–Trinajstić information content (AvgIpc) is 2.86. The smallest absolute Gasteiger partial charge is 0.205 e. The lowest BCUT2D eigenvalue weighted by Gasteiger charge is -1.99. The lowest BCUT2D eigenvalue weighted by Crippen LogP contribution is -2.12. The molecule has 0 amide bonds. The zero-order chi connectivity index (χ0) is 11.5. The van der Waals surface area contributed by atoms with Crippen LogP contribution in [0.3, 0.4) is 0 Å². The van der Waals surface area contributed by atoms with E-state index < -0.39 is 0 Å². The lowest BCUT2D eigenvalue weighted by atomic mass is 10.1. The molecule has 0 saturated carbocycles. The highest BCUT2D eigenvalue weighted by molar-refractivity contribution is 6.12. The number of carbonyl (C=O) groups is 2. The molecule has 5 heteroatoms. The van der Waals surface area contributed by atoms with Gasteiger partial charge in [-0.25, -0.2) is 4.98 Å². The van der Waals surface area contributed by atoms with Crippen molar-refractivity contribution in [2.75, 3.05) is 0 Å². The minimum atomic E-state index is -0.293. The van der Waals surface area contributed by atoms with Crippen LogP contribution in [0.1, 0.15) is 27.4 Å². The average molecular weight is 218 g/mol. The van der Waals surface area contributed by atoms with Crippen LogP contribution in [0.2, 0.25) is 0 Å². The van der Waals surface area contributed by atoms with Crippen molar-refractivity contribution in [2.24, 2.45) is 7.05 Å². The van der Waals surface area contributed by atoms with E-state index in [4.69, 9.17) is 4.42 Å². The van der Waals surface area contributed by atoms with Gasteiger partial charge in [-0.2, -0.15) is 0 Å². The number of ketones is 2. The van der Waals surface area contributed by atoms with E-state index in [9.17, 15) is 9.59 Å². The van der Waals surface area contributed by atoms with Gasteiger partial charge in [-0.1, -0.05) is 0 Å². The summed E-state index contributed by atoms with van der Waals surface area (Å²) in [5.74, 6) is -0.266. The zero-order valence-corrected chi connectivity index (χ0v) is 8.71. The van der Waals surface area contributed by atoms with Crippen molar-refractivity contribution < 1.29 is 14.0 Å². The van der Waals surface area contributed by atoms with E-state index in [1.165, 1.54) is 24.8 Å². The van der Waals surface area contributed by atoms with Crippen LogP contribution in [0.5, 0.6) is 0 Å². The van der Waals surface area contributed by atoms with Gasteiger partial charge in [0.1, 0.15) is 6.26 Å². The predicted octanol–water partition coefficient (Wildman–Crippen LogP) is 1.47. The fourth-order valence-corrected chi connectivity index (χ4v) is 1.38. The molecule has 0 fully saturated rings. The Kier molecular flexibility index (Phi) is 2.68. The molecule has 0 unspecified atom stereocenters. The minimum absolute atomic E-state index is 0.190. The van der Waals surface area contributed by atoms with Crippen molar-refractivity contribution in [2.45, 2.75) is 6.42 Å². The predicted molar refractivity (Wildman–Crippen MR) is 55.2 cm³/mol. The molecule has 0 aliphatic heterocycles. The molecule has 0 saturated heterocycles. The van der Waals surface area contributed by atoms with Gasteiger partial charge in [-0.05, 0) is 6.07 Å². The summed E-state index contributed by atoms with van der Waals surface area (Å²) in [5.41, 5.74) is 0.405. The molecule has 0 aliphatic carbocycles. The van der Waals surface area contributed by atoms with Crippen molar-refractivity contribution in [1.82, 2.24) is 9.55 Å². The van der Waals surface area contributed by atoms with Crippen LogP contribution in [-0.2, 0) is 7.05 Å². The number of aryl methyl sites for hydroxylation is 1. The Morgan fingerprint density at radius 3 is 2.81 bits per heavy atom. The zero-order valence-electron chi connectivity index (χ0n) is 8.71. The highest BCUT2D eigenvalue weighted by atomic mass is 16.3. The molecule has 0 N–H and O–H groups in total. The number of hydrogen-bond acceptors (Lipinski definition) is 4. The summed E-state index contributed by atoms with van der Waals surface area (Å²) < 4.78 is 6.37. The molecule has 0 bridgehead atoms. The van der Waals surface area contributed by atoms with Gasteiger partial charge in [0.2, 0.25) is 5.78 Å². The Morgan fingerprint density at radius 2 is 2.25 bits per heavy atom. The number of carbonyl (C=O) groups excluding carboxylic acids is 2. The summed E-state index contributed by atoms with van der Waals surface area (Å²) in [6.45, 7) is 0. The summed E-state index contributed by atoms with van der Waals surface area (Å²) in [4.78, 5) is 27.2. The maximum absolute atomic E-state index is 11.7. The second-order valence-corrected chi connectivity index (χ2v) is 3.40. The Morgan fingerprint density at radius 1 is 1.44 bits per heavy atom. The fraction of sp³-hybridized carbons (Fsp3) is 0.182. The number of Topliss-reactive ketones (excluding diaryl/α,β-unsaturated/α-hetero) is 2. The molecule has 0 aromatic carbocycles. The summed E-state index contributed by atoms with van der Waals surface area (Å²) in [6, 6.07) is 1.54. The van der Waals surface area contributed by atoms with Crippen LogP contribution in [-0.4, -0.2) is 21.1 Å². The standard InChI is InChI=1S/C11H10N2O3/c1-13-4-3-12-11(13)10(15)6-9(14)8-2-5-16-7-8/h2-5,7H,6H2,1H3. The fourth-order valence-electron chi connectivity index (χ4n) is 1.38. The van der Waals surface area contributed by atoms with Gasteiger partial charge < -0.3 is 8.98 Å². The Bertz CT molecular complexity index is 511. The first-order valence-electron chi connectivity index (χ1n) is 4.74. The van der Waals surface area contributed by atoms with Gasteiger partial charge in [-0.3, -0.25) is 9.59 Å². The number of furan rings is 1. The second kappa shape index (κ2) is 4.14. The maximum Gasteiger partial charge on any atom is 0.205 e. The van der Waals surface area contributed by atoms with E-state index in [-0.39, 0.29) is 23.8 Å². The number of rotatable bonds is 4. The van der Waals surface area contributed by atoms with E-state index in [1.807, 2.05) is 0 Å². The quantitative estimate of drug-likeness (QED) is 0.575. The van der Waals surface area contributed by atoms with Crippen LogP contribution in [0.15, 0.2) is 35.4 Å². The van der Waals surface area contributed by atoms with Crippen molar-refractivity contribution in [3.63, 3.8) is 0 Å². The third-order valence-electron chi connectivity index (χ3n) is 2.23. The maximum atomic E-state index is 11.7. The SMILES string of the molecule is Cn1ccnc1C(=O)CC(=O)c1ccoc1. The molecule has 82 valence electrons. The molecule has 0 aliphatic rings. The van der Waals surface area contributed by atoms with E-state index in [1.54, 1.807) is 17.8 Å². The van der Waals surface area contributed by atoms with Crippen LogP contribution in [0.4, 0.5) is 0 Å². The number of imidazole rings is 1. The Hall–Kier alpha value is -2.17. The molecule has 5 nitrogen and oxygen atoms in total. The van der Waals surface area contributed by atoms with Crippen molar-refractivity contribution in [3.05, 3.63) is 42.4 Å². The molecule has 0 spiro atoms. The summed E-state index contributed by atoms with van der Waals surface area (Å²) in [6.07, 6.45) is 5.72. The summed E-state index contributed by atoms with van der Waals surface area (Å²) in [5, 5.41) is 0. The highest BCUT2D eigenvalue weighted by Crippen LogP contribution is 2.07. The summed E-state index contributed by atoms with van der Waals surface area (Å²) >= 11 is 0. The Balaban J connectivity index is 2.09. The minimum Gasteiger partial charge on any atom is -0.472 e. The van der Waals surface area contributed by atoms with E-state index in [0.717, 1.165) is 0 Å². The van der Waals surface area contributed by atoms with Crippen LogP contribution in [0.25, 0.3) is 0 Å². The Labute approximate surface area is 91.7 Å². The van der Waals surface area contributed by atoms with E-state index in [2.05, 4.69) is 4.98 Å².